The predicted molar refractivity (Wildman–Crippen MR) is 121 cm³/mol. The van der Waals surface area contributed by atoms with Crippen molar-refractivity contribution < 1.29 is 19.1 Å². The first-order chi connectivity index (χ1) is 13.7. The first-order valence-electron chi connectivity index (χ1n) is 11.1. The fraction of sp³-hybridized carbons (Fsp3) is 0.667. The molecule has 0 amide bonds. The number of ether oxygens (including phenoxy) is 2. The summed E-state index contributed by atoms with van der Waals surface area (Å²) in [6.45, 7) is 5.17. The topological polar surface area (TPSA) is 52.6 Å². The number of unbranched alkanes of at least 4 members (excludes halogenated alkanes) is 10. The van der Waals surface area contributed by atoms with Gasteiger partial charge in [0, 0.05) is 0 Å². The van der Waals surface area contributed by atoms with Crippen LogP contribution in [0.2, 0.25) is 0 Å². The van der Waals surface area contributed by atoms with Gasteiger partial charge in [-0.3, -0.25) is 0 Å². The monoisotopic (exact) mass is 398 g/mol. The van der Waals surface area contributed by atoms with Gasteiger partial charge in [-0.15, -0.1) is 0 Å². The van der Waals surface area contributed by atoms with E-state index in [2.05, 4.69) is 13.8 Å². The van der Waals surface area contributed by atoms with Crippen LogP contribution in [0.15, 0.2) is 24.3 Å². The molecule has 1 aromatic carbocycles. The Morgan fingerprint density at radius 1 is 0.621 bits per heavy atom. The minimum absolute atomic E-state index is 0. The molecule has 0 unspecified atom stereocenters. The number of hydrogen-bond acceptors (Lipinski definition) is 4. The summed E-state index contributed by atoms with van der Waals surface area (Å²) in [5.74, 6) is -0.888. The first-order valence-corrected chi connectivity index (χ1v) is 11.1. The number of carbonyl (C=O) groups is 2. The molecule has 0 aliphatic rings. The van der Waals surface area contributed by atoms with Crippen molar-refractivity contribution in [3.8, 4) is 0 Å². The summed E-state index contributed by atoms with van der Waals surface area (Å²) in [5, 5.41) is 0. The standard InChI is InChI=1S/C24H38O4.Li.H/c1-3-5-7-9-11-15-19-27-23(25)21-17-13-14-18-22(21)24(26)28-20-16-12-10-8-6-4-2;;/h13-14,17-18H,3-12,15-16,19-20H2,1-2H3;;. The molecule has 0 aliphatic heterocycles. The molecule has 0 atom stereocenters. The first kappa shape index (κ1) is 27.8. The van der Waals surface area contributed by atoms with Gasteiger partial charge in [0.1, 0.15) is 0 Å². The molecule has 0 N–H and O–H groups in total. The van der Waals surface area contributed by atoms with Crippen LogP contribution in [0.5, 0.6) is 0 Å². The van der Waals surface area contributed by atoms with Crippen LogP contribution < -0.4 is 0 Å². The Morgan fingerprint density at radius 2 is 0.966 bits per heavy atom. The van der Waals surface area contributed by atoms with E-state index in [1.165, 1.54) is 51.4 Å². The minimum atomic E-state index is -0.444. The Balaban J connectivity index is 0.00000784. The molecular formula is C24H39LiO4. The van der Waals surface area contributed by atoms with E-state index in [1.807, 2.05) is 0 Å². The summed E-state index contributed by atoms with van der Waals surface area (Å²) >= 11 is 0. The average Bonchev–Trinajstić information content (AvgIpc) is 2.72. The van der Waals surface area contributed by atoms with Crippen LogP contribution in [0.25, 0.3) is 0 Å². The van der Waals surface area contributed by atoms with Crippen LogP contribution in [0.4, 0.5) is 0 Å². The summed E-state index contributed by atoms with van der Waals surface area (Å²) < 4.78 is 10.7. The Bertz CT molecular complexity index is 511. The zero-order chi connectivity index (χ0) is 20.5. The average molecular weight is 399 g/mol. The quantitative estimate of drug-likeness (QED) is 0.193. The van der Waals surface area contributed by atoms with E-state index >= 15 is 0 Å². The molecule has 0 aromatic heterocycles. The van der Waals surface area contributed by atoms with E-state index in [4.69, 9.17) is 9.47 Å². The second kappa shape index (κ2) is 18.8. The molecule has 4 nitrogen and oxygen atoms in total. The SMILES string of the molecule is CCCCCCCCOC(=O)c1ccccc1C(=O)OCCCCCCCC.[LiH]. The predicted octanol–water partition coefficient (Wildman–Crippen LogP) is 6.07. The maximum atomic E-state index is 12.4. The zero-order valence-corrected chi connectivity index (χ0v) is 17.8. The van der Waals surface area contributed by atoms with E-state index in [-0.39, 0.29) is 18.9 Å². The zero-order valence-electron chi connectivity index (χ0n) is 17.8. The van der Waals surface area contributed by atoms with E-state index in [0.29, 0.717) is 24.3 Å². The van der Waals surface area contributed by atoms with Gasteiger partial charge in [-0.1, -0.05) is 90.2 Å². The van der Waals surface area contributed by atoms with Gasteiger partial charge < -0.3 is 9.47 Å². The fourth-order valence-electron chi connectivity index (χ4n) is 3.09. The Kier molecular flexibility index (Phi) is 18.0. The number of esters is 2. The van der Waals surface area contributed by atoms with Crippen molar-refractivity contribution in [2.24, 2.45) is 0 Å². The molecule has 0 fully saturated rings. The van der Waals surface area contributed by atoms with Crippen molar-refractivity contribution in [1.29, 1.82) is 0 Å². The van der Waals surface area contributed by atoms with Crippen LogP contribution in [0, 0.1) is 0 Å². The van der Waals surface area contributed by atoms with Crippen LogP contribution in [0.3, 0.4) is 0 Å². The molecule has 0 radical (unpaired) electrons. The van der Waals surface area contributed by atoms with Gasteiger partial charge in [0.25, 0.3) is 0 Å². The van der Waals surface area contributed by atoms with Gasteiger partial charge in [-0.05, 0) is 25.0 Å². The molecule has 0 aliphatic carbocycles. The van der Waals surface area contributed by atoms with Crippen LogP contribution in [-0.4, -0.2) is 44.0 Å². The van der Waals surface area contributed by atoms with Gasteiger partial charge >= 0.3 is 30.8 Å². The Hall–Kier alpha value is -1.24. The van der Waals surface area contributed by atoms with E-state index in [1.54, 1.807) is 24.3 Å². The van der Waals surface area contributed by atoms with Crippen molar-refractivity contribution in [1.82, 2.24) is 0 Å². The van der Waals surface area contributed by atoms with Gasteiger partial charge in [0.15, 0.2) is 0 Å². The number of carbonyl (C=O) groups excluding carboxylic acids is 2. The van der Waals surface area contributed by atoms with Crippen molar-refractivity contribution in [2.75, 3.05) is 13.2 Å². The molecule has 160 valence electrons. The molecule has 1 rings (SSSR count). The third-order valence-corrected chi connectivity index (χ3v) is 4.83. The number of benzene rings is 1. The molecular weight excluding hydrogens is 359 g/mol. The van der Waals surface area contributed by atoms with Crippen LogP contribution in [-0.2, 0) is 9.47 Å². The van der Waals surface area contributed by atoms with Crippen LogP contribution >= 0.6 is 0 Å². The van der Waals surface area contributed by atoms with Gasteiger partial charge in [-0.25, -0.2) is 9.59 Å². The van der Waals surface area contributed by atoms with Crippen molar-refractivity contribution >= 4 is 30.8 Å². The Labute approximate surface area is 189 Å². The fourth-order valence-corrected chi connectivity index (χ4v) is 3.09. The van der Waals surface area contributed by atoms with E-state index in [0.717, 1.165) is 25.7 Å². The van der Waals surface area contributed by atoms with Gasteiger partial charge in [-0.2, -0.15) is 0 Å². The summed E-state index contributed by atoms with van der Waals surface area (Å²) in [6.07, 6.45) is 13.6. The Morgan fingerprint density at radius 3 is 1.34 bits per heavy atom. The molecule has 0 bridgehead atoms. The third-order valence-electron chi connectivity index (χ3n) is 4.83. The molecule has 0 saturated carbocycles. The molecule has 0 heterocycles. The van der Waals surface area contributed by atoms with Crippen LogP contribution in [0.1, 0.15) is 112 Å². The number of rotatable bonds is 16. The second-order valence-electron chi connectivity index (χ2n) is 7.35. The van der Waals surface area contributed by atoms with Crippen molar-refractivity contribution in [3.63, 3.8) is 0 Å². The second-order valence-corrected chi connectivity index (χ2v) is 7.35. The molecule has 0 saturated heterocycles. The molecule has 1 aromatic rings. The van der Waals surface area contributed by atoms with Crippen molar-refractivity contribution in [3.05, 3.63) is 35.4 Å². The summed E-state index contributed by atoms with van der Waals surface area (Å²) in [4.78, 5) is 24.7. The number of hydrogen-bond donors (Lipinski definition) is 0. The molecule has 0 spiro atoms. The van der Waals surface area contributed by atoms with Gasteiger partial charge in [0.2, 0.25) is 0 Å². The maximum absolute atomic E-state index is 12.4. The summed E-state index contributed by atoms with van der Waals surface area (Å²) in [6, 6.07) is 6.74. The summed E-state index contributed by atoms with van der Waals surface area (Å²) in [5.41, 5.74) is 0.586. The molecule has 29 heavy (non-hydrogen) atoms. The van der Waals surface area contributed by atoms with E-state index in [9.17, 15) is 9.59 Å². The normalized spacial score (nSPS) is 10.3. The molecule has 5 heteroatoms. The van der Waals surface area contributed by atoms with E-state index < -0.39 is 11.9 Å². The third kappa shape index (κ3) is 12.8. The summed E-state index contributed by atoms with van der Waals surface area (Å²) in [7, 11) is 0. The van der Waals surface area contributed by atoms with Crippen molar-refractivity contribution in [2.45, 2.75) is 90.9 Å². The van der Waals surface area contributed by atoms with Gasteiger partial charge in [0.05, 0.1) is 24.3 Å².